The van der Waals surface area contributed by atoms with Gasteiger partial charge in [0, 0.05) is 22.0 Å². The molecule has 0 aliphatic heterocycles. The van der Waals surface area contributed by atoms with Crippen LogP contribution in [0.2, 0.25) is 0 Å². The first kappa shape index (κ1) is 17.7. The smallest absolute Gasteiger partial charge is 0.416 e. The molecule has 0 spiro atoms. The van der Waals surface area contributed by atoms with Crippen molar-refractivity contribution in [2.75, 3.05) is 0 Å². The molecule has 0 bridgehead atoms. The average molecular weight is 404 g/mol. The van der Waals surface area contributed by atoms with Crippen LogP contribution in [0.25, 0.3) is 10.9 Å². The summed E-state index contributed by atoms with van der Waals surface area (Å²) in [5.74, 6) is -0.365. The van der Waals surface area contributed by atoms with Crippen LogP contribution in [-0.2, 0) is 11.8 Å². The molecular formula is C20H19BrFNO2. The second kappa shape index (κ2) is 6.30. The van der Waals surface area contributed by atoms with Crippen LogP contribution in [-0.4, -0.2) is 15.8 Å². The van der Waals surface area contributed by atoms with Crippen LogP contribution in [0.4, 0.5) is 9.18 Å². The lowest BCUT2D eigenvalue weighted by molar-refractivity contribution is 0.196. The Morgan fingerprint density at radius 2 is 1.80 bits per heavy atom. The van der Waals surface area contributed by atoms with Gasteiger partial charge in [0.15, 0.2) is 0 Å². The van der Waals surface area contributed by atoms with Gasteiger partial charge in [-0.15, -0.1) is 0 Å². The van der Waals surface area contributed by atoms with Crippen LogP contribution in [0.1, 0.15) is 37.6 Å². The van der Waals surface area contributed by atoms with E-state index in [4.69, 9.17) is 0 Å². The van der Waals surface area contributed by atoms with Gasteiger partial charge in [0.05, 0.1) is 5.52 Å². The topological polar surface area (TPSA) is 42.2 Å². The van der Waals surface area contributed by atoms with Gasteiger partial charge in [0.25, 0.3) is 0 Å². The number of hydrogen-bond acceptors (Lipinski definition) is 1. The summed E-state index contributed by atoms with van der Waals surface area (Å²) < 4.78 is 16.1. The lowest BCUT2D eigenvalue weighted by atomic mass is 9.83. The van der Waals surface area contributed by atoms with E-state index in [1.165, 1.54) is 16.7 Å². The van der Waals surface area contributed by atoms with E-state index in [2.05, 4.69) is 15.9 Å². The van der Waals surface area contributed by atoms with Crippen molar-refractivity contribution in [3.63, 3.8) is 0 Å². The first-order valence-electron chi connectivity index (χ1n) is 7.99. The average Bonchev–Trinajstić information content (AvgIpc) is 2.82. The lowest BCUT2D eigenvalue weighted by Gasteiger charge is -2.21. The largest absolute Gasteiger partial charge is 0.464 e. The van der Waals surface area contributed by atoms with Gasteiger partial charge in [0.2, 0.25) is 0 Å². The van der Waals surface area contributed by atoms with Gasteiger partial charge in [-0.05, 0) is 46.9 Å². The Morgan fingerprint density at radius 1 is 1.16 bits per heavy atom. The number of benzene rings is 2. The molecule has 0 aliphatic carbocycles. The number of hydrogen-bond donors (Lipinski definition) is 1. The Balaban J connectivity index is 2.32. The second-order valence-electron chi connectivity index (χ2n) is 7.15. The zero-order chi connectivity index (χ0) is 18.4. The van der Waals surface area contributed by atoms with Gasteiger partial charge in [0.1, 0.15) is 5.82 Å². The molecule has 2 aromatic carbocycles. The molecule has 3 nitrogen and oxygen atoms in total. The molecule has 0 fully saturated rings. The van der Waals surface area contributed by atoms with E-state index in [9.17, 15) is 14.3 Å². The molecule has 1 heterocycles. The van der Waals surface area contributed by atoms with E-state index in [1.807, 2.05) is 45.0 Å². The van der Waals surface area contributed by atoms with Crippen molar-refractivity contribution < 1.29 is 14.3 Å². The molecule has 0 atom stereocenters. The van der Waals surface area contributed by atoms with Crippen molar-refractivity contribution in [3.05, 3.63) is 69.6 Å². The normalized spacial score (nSPS) is 11.9. The summed E-state index contributed by atoms with van der Waals surface area (Å²) in [4.78, 5) is 12.0. The third kappa shape index (κ3) is 3.33. The van der Waals surface area contributed by atoms with Gasteiger partial charge in [-0.3, -0.25) is 0 Å². The Labute approximate surface area is 154 Å². The van der Waals surface area contributed by atoms with E-state index < -0.39 is 6.09 Å². The Hall–Kier alpha value is -2.14. The van der Waals surface area contributed by atoms with Crippen LogP contribution in [0.15, 0.2) is 46.9 Å². The van der Waals surface area contributed by atoms with Crippen molar-refractivity contribution in [1.29, 1.82) is 0 Å². The fraction of sp³-hybridized carbons (Fsp3) is 0.250. The molecule has 0 unspecified atom stereocenters. The van der Waals surface area contributed by atoms with Crippen LogP contribution in [0.3, 0.4) is 0 Å². The molecule has 3 rings (SSSR count). The van der Waals surface area contributed by atoms with Crippen LogP contribution in [0.5, 0.6) is 0 Å². The molecule has 0 aliphatic rings. The molecule has 1 aromatic heterocycles. The standard InChI is InChI=1S/C20H19BrFNO2/c1-20(2,3)18-15-11-14(22)8-9-16(15)23(19(24)25)17(18)10-12-4-6-13(21)7-5-12/h4-9,11H,10H2,1-3H3,(H,24,25). The number of halogens is 2. The minimum Gasteiger partial charge on any atom is -0.464 e. The summed E-state index contributed by atoms with van der Waals surface area (Å²) in [7, 11) is 0. The third-order valence-electron chi connectivity index (χ3n) is 4.25. The summed E-state index contributed by atoms with van der Waals surface area (Å²) in [6, 6.07) is 12.1. The zero-order valence-electron chi connectivity index (χ0n) is 14.3. The SMILES string of the molecule is CC(C)(C)c1c(Cc2ccc(Br)cc2)n(C(=O)O)c2ccc(F)cc12. The van der Waals surface area contributed by atoms with Crippen LogP contribution >= 0.6 is 15.9 Å². The first-order chi connectivity index (χ1) is 11.7. The number of rotatable bonds is 2. The monoisotopic (exact) mass is 403 g/mol. The highest BCUT2D eigenvalue weighted by atomic mass is 79.9. The maximum atomic E-state index is 13.9. The number of carbonyl (C=O) groups is 1. The van der Waals surface area contributed by atoms with Crippen molar-refractivity contribution in [2.45, 2.75) is 32.6 Å². The van der Waals surface area contributed by atoms with Crippen LogP contribution < -0.4 is 0 Å². The highest BCUT2D eigenvalue weighted by molar-refractivity contribution is 9.10. The van der Waals surface area contributed by atoms with Crippen molar-refractivity contribution in [1.82, 2.24) is 4.57 Å². The predicted molar refractivity (Wildman–Crippen MR) is 101 cm³/mol. The van der Waals surface area contributed by atoms with Gasteiger partial charge in [-0.2, -0.15) is 0 Å². The number of nitrogens with zero attached hydrogens (tertiary/aromatic N) is 1. The molecule has 0 saturated heterocycles. The van der Waals surface area contributed by atoms with Gasteiger partial charge >= 0.3 is 6.09 Å². The summed E-state index contributed by atoms with van der Waals surface area (Å²) in [6.07, 6.45) is -0.595. The molecule has 0 amide bonds. The summed E-state index contributed by atoms with van der Waals surface area (Å²) >= 11 is 3.41. The van der Waals surface area contributed by atoms with E-state index >= 15 is 0 Å². The molecule has 1 N–H and O–H groups in total. The molecule has 130 valence electrons. The fourth-order valence-electron chi connectivity index (χ4n) is 3.33. The molecular weight excluding hydrogens is 385 g/mol. The maximum absolute atomic E-state index is 13.9. The van der Waals surface area contributed by atoms with E-state index in [-0.39, 0.29) is 11.2 Å². The third-order valence-corrected chi connectivity index (χ3v) is 4.78. The molecule has 5 heteroatoms. The van der Waals surface area contributed by atoms with Gasteiger partial charge < -0.3 is 5.11 Å². The second-order valence-corrected chi connectivity index (χ2v) is 8.07. The quantitative estimate of drug-likeness (QED) is 0.573. The fourth-order valence-corrected chi connectivity index (χ4v) is 3.60. The van der Waals surface area contributed by atoms with E-state index in [0.717, 1.165) is 15.6 Å². The lowest BCUT2D eigenvalue weighted by Crippen LogP contribution is -2.18. The Morgan fingerprint density at radius 3 is 2.36 bits per heavy atom. The van der Waals surface area contributed by atoms with Crippen LogP contribution in [0, 0.1) is 5.82 Å². The molecule has 0 saturated carbocycles. The Bertz CT molecular complexity index is 952. The number of carboxylic acid groups (broad SMARTS) is 1. The molecule has 3 aromatic rings. The molecule has 25 heavy (non-hydrogen) atoms. The first-order valence-corrected chi connectivity index (χ1v) is 8.79. The molecule has 0 radical (unpaired) electrons. The number of aromatic nitrogens is 1. The zero-order valence-corrected chi connectivity index (χ0v) is 15.9. The summed E-state index contributed by atoms with van der Waals surface area (Å²) in [5, 5.41) is 10.5. The minimum absolute atomic E-state index is 0.322. The van der Waals surface area contributed by atoms with Crippen molar-refractivity contribution >= 4 is 32.9 Å². The summed E-state index contributed by atoms with van der Waals surface area (Å²) in [6.45, 7) is 6.05. The van der Waals surface area contributed by atoms with Gasteiger partial charge in [-0.25, -0.2) is 13.8 Å². The van der Waals surface area contributed by atoms with Gasteiger partial charge in [-0.1, -0.05) is 48.8 Å². The van der Waals surface area contributed by atoms with Crippen molar-refractivity contribution in [3.8, 4) is 0 Å². The van der Waals surface area contributed by atoms with E-state index in [0.29, 0.717) is 23.0 Å². The predicted octanol–water partition coefficient (Wildman–Crippen LogP) is 5.96. The maximum Gasteiger partial charge on any atom is 0.416 e. The van der Waals surface area contributed by atoms with E-state index in [1.54, 1.807) is 6.07 Å². The summed E-state index contributed by atoms with van der Waals surface area (Å²) in [5.41, 5.74) is 2.75. The van der Waals surface area contributed by atoms with Crippen molar-refractivity contribution in [2.24, 2.45) is 0 Å². The highest BCUT2D eigenvalue weighted by Gasteiger charge is 2.28. The highest BCUT2D eigenvalue weighted by Crippen LogP contribution is 2.37. The Kier molecular flexibility index (Phi) is 4.45. The number of fused-ring (bicyclic) bond motifs is 1. The minimum atomic E-state index is -1.06.